The fraction of sp³-hybridized carbons (Fsp3) is 0.500. The molecule has 122 valence electrons. The molecule has 1 rings (SSSR count). The second-order valence-corrected chi connectivity index (χ2v) is 6.39. The Labute approximate surface area is 137 Å². The molecule has 1 aromatic rings. The number of ether oxygens (including phenoxy) is 1. The van der Waals surface area contributed by atoms with Crippen LogP contribution >= 0.6 is 12.6 Å². The van der Waals surface area contributed by atoms with Gasteiger partial charge in [0.15, 0.2) is 0 Å². The first-order valence-corrected chi connectivity index (χ1v) is 7.77. The number of hydrogen-bond donors (Lipinski definition) is 3. The van der Waals surface area contributed by atoms with Crippen molar-refractivity contribution in [3.05, 3.63) is 29.8 Å². The van der Waals surface area contributed by atoms with E-state index in [1.807, 2.05) is 26.8 Å². The van der Waals surface area contributed by atoms with Gasteiger partial charge < -0.3 is 15.4 Å². The molecule has 0 radical (unpaired) electrons. The number of rotatable bonds is 6. The fourth-order valence-electron chi connectivity index (χ4n) is 1.72. The van der Waals surface area contributed by atoms with Crippen LogP contribution in [0.3, 0.4) is 0 Å². The Morgan fingerprint density at radius 1 is 1.09 bits per heavy atom. The van der Waals surface area contributed by atoms with Crippen molar-refractivity contribution in [3.63, 3.8) is 0 Å². The van der Waals surface area contributed by atoms with Crippen LogP contribution in [0.15, 0.2) is 29.2 Å². The van der Waals surface area contributed by atoms with E-state index in [9.17, 15) is 9.59 Å². The summed E-state index contributed by atoms with van der Waals surface area (Å²) in [4.78, 5) is 24.0. The summed E-state index contributed by atoms with van der Waals surface area (Å²) in [5, 5.41) is 5.52. The van der Waals surface area contributed by atoms with Crippen molar-refractivity contribution >= 4 is 24.6 Å². The first-order chi connectivity index (χ1) is 10.3. The van der Waals surface area contributed by atoms with Crippen molar-refractivity contribution in [2.45, 2.75) is 44.1 Å². The lowest BCUT2D eigenvalue weighted by atomic mass is 10.2. The van der Waals surface area contributed by atoms with Gasteiger partial charge in [-0.2, -0.15) is 0 Å². The molecule has 0 aliphatic carbocycles. The molecule has 0 aliphatic rings. The molecule has 0 bridgehead atoms. The first kappa shape index (κ1) is 18.4. The quantitative estimate of drug-likeness (QED) is 0.556. The minimum Gasteiger partial charge on any atom is -0.444 e. The molecule has 0 fully saturated rings. The zero-order chi connectivity index (χ0) is 16.6. The minimum absolute atomic E-state index is 0.134. The molecule has 0 spiro atoms. The summed E-state index contributed by atoms with van der Waals surface area (Å²) < 4.78 is 5.13. The van der Waals surface area contributed by atoms with Crippen molar-refractivity contribution in [1.29, 1.82) is 0 Å². The van der Waals surface area contributed by atoms with Crippen molar-refractivity contribution < 1.29 is 14.3 Å². The predicted molar refractivity (Wildman–Crippen MR) is 89.5 cm³/mol. The summed E-state index contributed by atoms with van der Waals surface area (Å²) in [5.41, 5.74) is 0.0795. The van der Waals surface area contributed by atoms with Gasteiger partial charge in [-0.05, 0) is 45.7 Å². The van der Waals surface area contributed by atoms with Gasteiger partial charge in [-0.3, -0.25) is 4.79 Å². The molecular weight excluding hydrogens is 300 g/mol. The van der Waals surface area contributed by atoms with Gasteiger partial charge in [0.05, 0.1) is 5.56 Å². The Bertz CT molecular complexity index is 512. The van der Waals surface area contributed by atoms with Crippen molar-refractivity contribution in [3.8, 4) is 0 Å². The van der Waals surface area contributed by atoms with Crippen LogP contribution in [0.1, 0.15) is 44.0 Å². The third-order valence-electron chi connectivity index (χ3n) is 2.71. The number of hydrogen-bond acceptors (Lipinski definition) is 4. The number of thiol groups is 1. The highest BCUT2D eigenvalue weighted by atomic mass is 32.1. The normalized spacial score (nSPS) is 10.9. The Balaban J connectivity index is 2.15. The van der Waals surface area contributed by atoms with E-state index in [0.717, 1.165) is 12.8 Å². The molecule has 22 heavy (non-hydrogen) atoms. The second-order valence-electron chi connectivity index (χ2n) is 5.91. The zero-order valence-electron chi connectivity index (χ0n) is 13.3. The molecule has 0 saturated heterocycles. The fourth-order valence-corrected chi connectivity index (χ4v) is 1.98. The molecule has 0 heterocycles. The van der Waals surface area contributed by atoms with E-state index < -0.39 is 11.7 Å². The number of nitrogens with one attached hydrogen (secondary N) is 2. The standard InChI is InChI=1S/C16H24N2O3S/c1-16(2,3)21-15(20)18-11-7-6-10-17-14(19)12-8-4-5-9-13(12)22/h4-5,8-9,22H,6-7,10-11H2,1-3H3,(H,17,19)(H,18,20). The molecule has 0 saturated carbocycles. The van der Waals surface area contributed by atoms with E-state index >= 15 is 0 Å². The van der Waals surface area contributed by atoms with Crippen LogP contribution in [-0.2, 0) is 4.74 Å². The van der Waals surface area contributed by atoms with Crippen molar-refractivity contribution in [1.82, 2.24) is 10.6 Å². The zero-order valence-corrected chi connectivity index (χ0v) is 14.2. The number of alkyl carbamates (subject to hydrolysis) is 1. The van der Waals surface area contributed by atoms with Crippen LogP contribution in [0, 0.1) is 0 Å². The third kappa shape index (κ3) is 7.36. The summed E-state index contributed by atoms with van der Waals surface area (Å²) in [5.74, 6) is -0.134. The smallest absolute Gasteiger partial charge is 0.407 e. The molecule has 0 aromatic heterocycles. The van der Waals surface area contributed by atoms with Gasteiger partial charge >= 0.3 is 6.09 Å². The topological polar surface area (TPSA) is 67.4 Å². The molecule has 5 nitrogen and oxygen atoms in total. The highest BCUT2D eigenvalue weighted by Crippen LogP contribution is 2.12. The lowest BCUT2D eigenvalue weighted by Crippen LogP contribution is -2.33. The molecule has 2 amide bonds. The van der Waals surface area contributed by atoms with Crippen molar-refractivity contribution in [2.24, 2.45) is 0 Å². The van der Waals surface area contributed by atoms with Gasteiger partial charge in [0.1, 0.15) is 5.60 Å². The first-order valence-electron chi connectivity index (χ1n) is 7.32. The van der Waals surface area contributed by atoms with Crippen molar-refractivity contribution in [2.75, 3.05) is 13.1 Å². The Morgan fingerprint density at radius 3 is 2.27 bits per heavy atom. The van der Waals surface area contributed by atoms with E-state index in [1.54, 1.807) is 18.2 Å². The summed E-state index contributed by atoms with van der Waals surface area (Å²) in [7, 11) is 0. The third-order valence-corrected chi connectivity index (χ3v) is 3.10. The summed E-state index contributed by atoms with van der Waals surface area (Å²) in [6.45, 7) is 6.54. The lowest BCUT2D eigenvalue weighted by molar-refractivity contribution is 0.0526. The van der Waals surface area contributed by atoms with Crippen LogP contribution in [0.25, 0.3) is 0 Å². The number of unbranched alkanes of at least 4 members (excludes halogenated alkanes) is 1. The van der Waals surface area contributed by atoms with Crippen LogP contribution in [-0.4, -0.2) is 30.7 Å². The van der Waals surface area contributed by atoms with E-state index in [0.29, 0.717) is 23.5 Å². The monoisotopic (exact) mass is 324 g/mol. The number of carbonyl (C=O) groups excluding carboxylic acids is 2. The Morgan fingerprint density at radius 2 is 1.68 bits per heavy atom. The molecule has 2 N–H and O–H groups in total. The van der Waals surface area contributed by atoms with Gasteiger partial charge in [0.2, 0.25) is 0 Å². The largest absolute Gasteiger partial charge is 0.444 e. The Hall–Kier alpha value is -1.69. The molecule has 0 unspecified atom stereocenters. The predicted octanol–water partition coefficient (Wildman–Crippen LogP) is 3.01. The molecule has 0 aliphatic heterocycles. The summed E-state index contributed by atoms with van der Waals surface area (Å²) in [6, 6.07) is 7.16. The van der Waals surface area contributed by atoms with E-state index in [4.69, 9.17) is 4.74 Å². The second kappa shape index (κ2) is 8.68. The van der Waals surface area contributed by atoms with Crippen LogP contribution in [0.5, 0.6) is 0 Å². The van der Waals surface area contributed by atoms with E-state index in [1.165, 1.54) is 0 Å². The van der Waals surface area contributed by atoms with E-state index in [2.05, 4.69) is 23.3 Å². The van der Waals surface area contributed by atoms with Gasteiger partial charge in [-0.15, -0.1) is 12.6 Å². The minimum atomic E-state index is -0.488. The highest BCUT2D eigenvalue weighted by molar-refractivity contribution is 7.80. The maximum absolute atomic E-state index is 11.9. The van der Waals surface area contributed by atoms with Gasteiger partial charge in [-0.1, -0.05) is 12.1 Å². The number of carbonyl (C=O) groups is 2. The lowest BCUT2D eigenvalue weighted by Gasteiger charge is -2.19. The van der Waals surface area contributed by atoms with Gasteiger partial charge in [0, 0.05) is 18.0 Å². The maximum Gasteiger partial charge on any atom is 0.407 e. The maximum atomic E-state index is 11.9. The van der Waals surface area contributed by atoms with Crippen LogP contribution < -0.4 is 10.6 Å². The molecule has 6 heteroatoms. The SMILES string of the molecule is CC(C)(C)OC(=O)NCCCCNC(=O)c1ccccc1S. The average molecular weight is 324 g/mol. The molecular formula is C16H24N2O3S. The highest BCUT2D eigenvalue weighted by Gasteiger charge is 2.15. The Kier molecular flexibility index (Phi) is 7.24. The van der Waals surface area contributed by atoms with E-state index in [-0.39, 0.29) is 5.91 Å². The van der Waals surface area contributed by atoms with Gasteiger partial charge in [0.25, 0.3) is 5.91 Å². The molecule has 1 aromatic carbocycles. The average Bonchev–Trinajstić information content (AvgIpc) is 2.41. The summed E-state index contributed by atoms with van der Waals surface area (Å²) >= 11 is 4.25. The van der Waals surface area contributed by atoms with Crippen LogP contribution in [0.4, 0.5) is 4.79 Å². The number of amides is 2. The number of benzene rings is 1. The summed E-state index contributed by atoms with van der Waals surface area (Å²) in [6.07, 6.45) is 1.12. The van der Waals surface area contributed by atoms with Gasteiger partial charge in [-0.25, -0.2) is 4.79 Å². The van der Waals surface area contributed by atoms with Crippen LogP contribution in [0.2, 0.25) is 0 Å². The molecule has 0 atom stereocenters.